The van der Waals surface area contributed by atoms with Gasteiger partial charge in [0.15, 0.2) is 11.5 Å². The first-order valence-corrected chi connectivity index (χ1v) is 9.37. The molecule has 0 atom stereocenters. The van der Waals surface area contributed by atoms with Crippen molar-refractivity contribution in [1.29, 1.82) is 0 Å². The number of rotatable bonds is 4. The van der Waals surface area contributed by atoms with Crippen LogP contribution < -0.4 is 13.8 Å². The van der Waals surface area contributed by atoms with E-state index in [1.165, 1.54) is 10.4 Å². The molecule has 1 aliphatic rings. The monoisotopic (exact) mass is 347 g/mol. The third-order valence-corrected chi connectivity index (χ3v) is 5.89. The standard InChI is InChI=1S/C18H21NO4S/c1-4-19(16-7-5-13(2)11-14(16)3)24(20,21)15-6-8-17-18(12-15)23-10-9-22-17/h5-8,11-12H,4,9-10H2,1-3H3. The van der Waals surface area contributed by atoms with E-state index in [-0.39, 0.29) is 4.90 Å². The zero-order valence-corrected chi connectivity index (χ0v) is 14.9. The Morgan fingerprint density at radius 1 is 1.00 bits per heavy atom. The van der Waals surface area contributed by atoms with E-state index >= 15 is 0 Å². The van der Waals surface area contributed by atoms with E-state index in [4.69, 9.17) is 9.47 Å². The fraction of sp³-hybridized carbons (Fsp3) is 0.333. The van der Waals surface area contributed by atoms with Crippen molar-refractivity contribution in [2.45, 2.75) is 25.7 Å². The Kier molecular flexibility index (Phi) is 4.41. The maximum Gasteiger partial charge on any atom is 0.264 e. The van der Waals surface area contributed by atoms with Crippen LogP contribution in [0.25, 0.3) is 0 Å². The topological polar surface area (TPSA) is 55.8 Å². The zero-order chi connectivity index (χ0) is 17.3. The predicted molar refractivity (Wildman–Crippen MR) is 93.6 cm³/mol. The van der Waals surface area contributed by atoms with Crippen LogP contribution in [0.1, 0.15) is 18.1 Å². The molecule has 1 aliphatic heterocycles. The normalized spacial score (nSPS) is 13.6. The van der Waals surface area contributed by atoms with Crippen LogP contribution >= 0.6 is 0 Å². The minimum absolute atomic E-state index is 0.202. The summed E-state index contributed by atoms with van der Waals surface area (Å²) >= 11 is 0. The average Bonchev–Trinajstić information content (AvgIpc) is 2.57. The lowest BCUT2D eigenvalue weighted by atomic mass is 10.1. The first kappa shape index (κ1) is 16.6. The van der Waals surface area contributed by atoms with Crippen LogP contribution in [-0.4, -0.2) is 28.2 Å². The van der Waals surface area contributed by atoms with Crippen LogP contribution in [0.2, 0.25) is 0 Å². The van der Waals surface area contributed by atoms with E-state index in [9.17, 15) is 8.42 Å². The smallest absolute Gasteiger partial charge is 0.264 e. The second-order valence-corrected chi connectivity index (χ2v) is 7.63. The lowest BCUT2D eigenvalue weighted by molar-refractivity contribution is 0.171. The highest BCUT2D eigenvalue weighted by Crippen LogP contribution is 2.34. The van der Waals surface area contributed by atoms with Crippen LogP contribution in [0, 0.1) is 13.8 Å². The number of hydrogen-bond acceptors (Lipinski definition) is 4. The Balaban J connectivity index is 2.04. The van der Waals surface area contributed by atoms with Gasteiger partial charge in [0.2, 0.25) is 0 Å². The highest BCUT2D eigenvalue weighted by Gasteiger charge is 2.26. The average molecular weight is 347 g/mol. The molecular formula is C18H21NO4S. The minimum atomic E-state index is -3.68. The molecule has 0 saturated heterocycles. The number of ether oxygens (including phenoxy) is 2. The maximum absolute atomic E-state index is 13.1. The number of aryl methyl sites for hydroxylation is 2. The van der Waals surface area contributed by atoms with Gasteiger partial charge in [-0.3, -0.25) is 4.31 Å². The molecule has 0 radical (unpaired) electrons. The van der Waals surface area contributed by atoms with Crippen LogP contribution in [0.3, 0.4) is 0 Å². The van der Waals surface area contributed by atoms with E-state index < -0.39 is 10.0 Å². The summed E-state index contributed by atoms with van der Waals surface area (Å²) in [5.74, 6) is 1.05. The molecule has 3 rings (SSSR count). The summed E-state index contributed by atoms with van der Waals surface area (Å²) in [4.78, 5) is 0.202. The van der Waals surface area contributed by atoms with Gasteiger partial charge in [-0.25, -0.2) is 8.42 Å². The maximum atomic E-state index is 13.1. The van der Waals surface area contributed by atoms with Crippen LogP contribution in [0.4, 0.5) is 5.69 Å². The number of hydrogen-bond donors (Lipinski definition) is 0. The summed E-state index contributed by atoms with van der Waals surface area (Å²) in [6, 6.07) is 10.5. The third-order valence-electron chi connectivity index (χ3n) is 4.01. The van der Waals surface area contributed by atoms with E-state index in [0.717, 1.165) is 11.1 Å². The van der Waals surface area contributed by atoms with Crippen molar-refractivity contribution in [3.8, 4) is 11.5 Å². The molecule has 128 valence electrons. The van der Waals surface area contributed by atoms with Crippen molar-refractivity contribution < 1.29 is 17.9 Å². The largest absolute Gasteiger partial charge is 0.486 e. The molecule has 24 heavy (non-hydrogen) atoms. The predicted octanol–water partition coefficient (Wildman–Crippen LogP) is 3.29. The first-order chi connectivity index (χ1) is 11.4. The number of nitrogens with zero attached hydrogens (tertiary/aromatic N) is 1. The third kappa shape index (κ3) is 2.94. The summed E-state index contributed by atoms with van der Waals surface area (Å²) < 4.78 is 38.6. The van der Waals surface area contributed by atoms with E-state index in [0.29, 0.717) is 36.9 Å². The quantitative estimate of drug-likeness (QED) is 0.852. The van der Waals surface area contributed by atoms with Crippen LogP contribution in [0.15, 0.2) is 41.3 Å². The summed E-state index contributed by atoms with van der Waals surface area (Å²) in [7, 11) is -3.68. The summed E-state index contributed by atoms with van der Waals surface area (Å²) in [6.45, 7) is 6.98. The van der Waals surface area contributed by atoms with Gasteiger partial charge < -0.3 is 9.47 Å². The van der Waals surface area contributed by atoms with Gasteiger partial charge in [-0.05, 0) is 44.5 Å². The van der Waals surface area contributed by atoms with Crippen molar-refractivity contribution in [3.63, 3.8) is 0 Å². The lowest BCUT2D eigenvalue weighted by Gasteiger charge is -2.26. The summed E-state index contributed by atoms with van der Waals surface area (Å²) in [5.41, 5.74) is 2.72. The highest BCUT2D eigenvalue weighted by molar-refractivity contribution is 7.92. The molecule has 1 heterocycles. The molecule has 0 bridgehead atoms. The number of sulfonamides is 1. The molecular weight excluding hydrogens is 326 g/mol. The zero-order valence-electron chi connectivity index (χ0n) is 14.1. The molecule has 5 nitrogen and oxygen atoms in total. The molecule has 0 spiro atoms. The molecule has 0 amide bonds. The Labute approximate surface area is 142 Å². The Morgan fingerprint density at radius 3 is 2.38 bits per heavy atom. The van der Waals surface area contributed by atoms with Crippen LogP contribution in [-0.2, 0) is 10.0 Å². The molecule has 0 saturated carbocycles. The molecule has 0 aromatic heterocycles. The van der Waals surface area contributed by atoms with Gasteiger partial charge in [-0.15, -0.1) is 0 Å². The fourth-order valence-electron chi connectivity index (χ4n) is 2.87. The second kappa shape index (κ2) is 6.36. The molecule has 6 heteroatoms. The van der Waals surface area contributed by atoms with Gasteiger partial charge in [-0.2, -0.15) is 0 Å². The van der Waals surface area contributed by atoms with Crippen molar-refractivity contribution in [1.82, 2.24) is 0 Å². The van der Waals surface area contributed by atoms with Crippen molar-refractivity contribution in [2.24, 2.45) is 0 Å². The first-order valence-electron chi connectivity index (χ1n) is 7.93. The molecule has 0 fully saturated rings. The molecule has 0 unspecified atom stereocenters. The highest BCUT2D eigenvalue weighted by atomic mass is 32.2. The van der Waals surface area contributed by atoms with Gasteiger partial charge >= 0.3 is 0 Å². The van der Waals surface area contributed by atoms with Gasteiger partial charge in [0.1, 0.15) is 13.2 Å². The Morgan fingerprint density at radius 2 is 1.71 bits per heavy atom. The second-order valence-electron chi connectivity index (χ2n) is 5.77. The Bertz CT molecular complexity index is 861. The Hall–Kier alpha value is -2.21. The molecule has 2 aromatic carbocycles. The number of anilines is 1. The van der Waals surface area contributed by atoms with E-state index in [2.05, 4.69) is 0 Å². The van der Waals surface area contributed by atoms with Gasteiger partial charge in [-0.1, -0.05) is 17.7 Å². The van der Waals surface area contributed by atoms with E-state index in [1.54, 1.807) is 12.1 Å². The minimum Gasteiger partial charge on any atom is -0.486 e. The summed E-state index contributed by atoms with van der Waals surface area (Å²) in [6.07, 6.45) is 0. The van der Waals surface area contributed by atoms with Crippen molar-refractivity contribution in [3.05, 3.63) is 47.5 Å². The van der Waals surface area contributed by atoms with E-state index in [1.807, 2.05) is 39.0 Å². The molecule has 0 N–H and O–H groups in total. The molecule has 2 aromatic rings. The van der Waals surface area contributed by atoms with Gasteiger partial charge in [0, 0.05) is 12.6 Å². The SMILES string of the molecule is CCN(c1ccc(C)cc1C)S(=O)(=O)c1ccc2c(c1)OCCO2. The number of benzene rings is 2. The number of fused-ring (bicyclic) bond motifs is 1. The fourth-order valence-corrected chi connectivity index (χ4v) is 4.42. The van der Waals surface area contributed by atoms with Crippen LogP contribution in [0.5, 0.6) is 11.5 Å². The van der Waals surface area contributed by atoms with Crippen molar-refractivity contribution in [2.75, 3.05) is 24.1 Å². The van der Waals surface area contributed by atoms with Gasteiger partial charge in [0.05, 0.1) is 10.6 Å². The summed E-state index contributed by atoms with van der Waals surface area (Å²) in [5, 5.41) is 0. The van der Waals surface area contributed by atoms with Crippen molar-refractivity contribution >= 4 is 15.7 Å². The lowest BCUT2D eigenvalue weighted by Crippen LogP contribution is -2.31. The molecule has 0 aliphatic carbocycles. The van der Waals surface area contributed by atoms with Gasteiger partial charge in [0.25, 0.3) is 10.0 Å².